The van der Waals surface area contributed by atoms with Crippen LogP contribution in [0, 0.1) is 0 Å². The van der Waals surface area contributed by atoms with E-state index in [1.807, 2.05) is 24.3 Å². The standard InChI is InChI=1S/C14H12Cl2N4O/c15-13-12(14(16)19-7-18-13)20-11(21)5-8-6-17-10-4-2-1-3-9(8)10/h1-4,7-8,17H,5-6H2,(H,20,21). The van der Waals surface area contributed by atoms with Crippen LogP contribution in [0.1, 0.15) is 17.9 Å². The van der Waals surface area contributed by atoms with Gasteiger partial charge in [-0.1, -0.05) is 41.4 Å². The van der Waals surface area contributed by atoms with E-state index < -0.39 is 0 Å². The average Bonchev–Trinajstić information content (AvgIpc) is 2.87. The van der Waals surface area contributed by atoms with Crippen LogP contribution in [-0.4, -0.2) is 22.4 Å². The van der Waals surface area contributed by atoms with Crippen LogP contribution in [0.25, 0.3) is 0 Å². The van der Waals surface area contributed by atoms with Crippen LogP contribution in [0.4, 0.5) is 11.4 Å². The third-order valence-corrected chi connectivity index (χ3v) is 3.96. The highest BCUT2D eigenvalue weighted by Gasteiger charge is 2.24. The molecule has 21 heavy (non-hydrogen) atoms. The zero-order valence-corrected chi connectivity index (χ0v) is 12.4. The third-order valence-electron chi connectivity index (χ3n) is 3.39. The Bertz CT molecular complexity index is 672. The second kappa shape index (κ2) is 5.87. The first kappa shape index (κ1) is 14.1. The first-order chi connectivity index (χ1) is 10.1. The molecule has 0 radical (unpaired) electrons. The predicted octanol–water partition coefficient (Wildman–Crippen LogP) is 3.32. The Morgan fingerprint density at radius 3 is 2.76 bits per heavy atom. The van der Waals surface area contributed by atoms with Crippen molar-refractivity contribution in [3.63, 3.8) is 0 Å². The van der Waals surface area contributed by atoms with Gasteiger partial charge in [0.1, 0.15) is 12.0 Å². The van der Waals surface area contributed by atoms with Gasteiger partial charge < -0.3 is 10.6 Å². The van der Waals surface area contributed by atoms with Crippen molar-refractivity contribution in [2.24, 2.45) is 0 Å². The zero-order valence-electron chi connectivity index (χ0n) is 10.9. The van der Waals surface area contributed by atoms with Crippen LogP contribution in [0.15, 0.2) is 30.6 Å². The fourth-order valence-corrected chi connectivity index (χ4v) is 2.81. The lowest BCUT2D eigenvalue weighted by Gasteiger charge is -2.11. The smallest absolute Gasteiger partial charge is 0.225 e. The normalized spacial score (nSPS) is 16.2. The maximum absolute atomic E-state index is 12.2. The summed E-state index contributed by atoms with van der Waals surface area (Å²) in [7, 11) is 0. The molecule has 2 aromatic rings. The van der Waals surface area contributed by atoms with Crippen molar-refractivity contribution >= 4 is 40.5 Å². The highest BCUT2D eigenvalue weighted by molar-refractivity contribution is 6.38. The van der Waals surface area contributed by atoms with Crippen LogP contribution in [0.3, 0.4) is 0 Å². The van der Waals surface area contributed by atoms with E-state index in [0.717, 1.165) is 17.8 Å². The average molecular weight is 323 g/mol. The first-order valence-electron chi connectivity index (χ1n) is 6.44. The summed E-state index contributed by atoms with van der Waals surface area (Å²) in [5.74, 6) is -0.0412. The molecule has 0 aliphatic carbocycles. The molecule has 1 aromatic carbocycles. The number of amides is 1. The maximum Gasteiger partial charge on any atom is 0.225 e. The van der Waals surface area contributed by atoms with Gasteiger partial charge in [-0.15, -0.1) is 0 Å². The van der Waals surface area contributed by atoms with E-state index in [2.05, 4.69) is 20.6 Å². The molecule has 5 nitrogen and oxygen atoms in total. The molecule has 0 bridgehead atoms. The highest BCUT2D eigenvalue weighted by atomic mass is 35.5. The summed E-state index contributed by atoms with van der Waals surface area (Å²) in [6.45, 7) is 0.736. The first-order valence-corrected chi connectivity index (χ1v) is 7.19. The largest absolute Gasteiger partial charge is 0.384 e. The van der Waals surface area contributed by atoms with Crippen LogP contribution in [0.5, 0.6) is 0 Å². The topological polar surface area (TPSA) is 66.9 Å². The molecule has 1 atom stereocenters. The van der Waals surface area contributed by atoms with Crippen molar-refractivity contribution in [3.05, 3.63) is 46.5 Å². The Hall–Kier alpha value is -1.85. The van der Waals surface area contributed by atoms with Crippen molar-refractivity contribution in [2.75, 3.05) is 17.2 Å². The molecule has 2 N–H and O–H groups in total. The minimum atomic E-state index is -0.169. The lowest BCUT2D eigenvalue weighted by atomic mass is 9.97. The molecule has 7 heteroatoms. The minimum absolute atomic E-state index is 0.128. The summed E-state index contributed by atoms with van der Waals surface area (Å²) < 4.78 is 0. The Balaban J connectivity index is 1.71. The van der Waals surface area contributed by atoms with Gasteiger partial charge in [0.15, 0.2) is 10.3 Å². The van der Waals surface area contributed by atoms with Gasteiger partial charge in [0, 0.05) is 24.6 Å². The molecule has 0 saturated heterocycles. The van der Waals surface area contributed by atoms with Crippen molar-refractivity contribution in [2.45, 2.75) is 12.3 Å². The number of carbonyl (C=O) groups is 1. The predicted molar refractivity (Wildman–Crippen MR) is 83.0 cm³/mol. The van der Waals surface area contributed by atoms with Gasteiger partial charge in [-0.2, -0.15) is 0 Å². The molecule has 0 saturated carbocycles. The molecule has 3 rings (SSSR count). The van der Waals surface area contributed by atoms with Crippen LogP contribution in [0.2, 0.25) is 10.3 Å². The van der Waals surface area contributed by atoms with Gasteiger partial charge in [-0.05, 0) is 11.6 Å². The Morgan fingerprint density at radius 2 is 2.00 bits per heavy atom. The molecular weight excluding hydrogens is 311 g/mol. The van der Waals surface area contributed by atoms with Gasteiger partial charge >= 0.3 is 0 Å². The molecule has 2 heterocycles. The number of hydrogen-bond donors (Lipinski definition) is 2. The van der Waals surface area contributed by atoms with E-state index >= 15 is 0 Å². The summed E-state index contributed by atoms with van der Waals surface area (Å²) in [4.78, 5) is 19.8. The quantitative estimate of drug-likeness (QED) is 0.851. The van der Waals surface area contributed by atoms with E-state index in [1.54, 1.807) is 0 Å². The number of hydrogen-bond acceptors (Lipinski definition) is 4. The van der Waals surface area contributed by atoms with Crippen LogP contribution >= 0.6 is 23.2 Å². The van der Waals surface area contributed by atoms with Gasteiger partial charge in [0.2, 0.25) is 5.91 Å². The summed E-state index contributed by atoms with van der Waals surface area (Å²) in [6, 6.07) is 7.97. The van der Waals surface area contributed by atoms with Gasteiger partial charge in [0.05, 0.1) is 0 Å². The Kier molecular flexibility index (Phi) is 3.94. The summed E-state index contributed by atoms with van der Waals surface area (Å²) >= 11 is 11.8. The lowest BCUT2D eigenvalue weighted by Crippen LogP contribution is -2.17. The van der Waals surface area contributed by atoms with Crippen LogP contribution < -0.4 is 10.6 Å². The fourth-order valence-electron chi connectivity index (χ4n) is 2.40. The second-order valence-corrected chi connectivity index (χ2v) is 5.46. The highest BCUT2D eigenvalue weighted by Crippen LogP contribution is 2.34. The molecule has 1 unspecified atom stereocenters. The van der Waals surface area contributed by atoms with Crippen molar-refractivity contribution < 1.29 is 4.79 Å². The Morgan fingerprint density at radius 1 is 1.29 bits per heavy atom. The number of fused-ring (bicyclic) bond motifs is 1. The number of halogens is 2. The van der Waals surface area contributed by atoms with Crippen molar-refractivity contribution in [3.8, 4) is 0 Å². The van der Waals surface area contributed by atoms with Gasteiger partial charge in [0.25, 0.3) is 0 Å². The number of nitrogens with zero attached hydrogens (tertiary/aromatic N) is 2. The minimum Gasteiger partial charge on any atom is -0.384 e. The lowest BCUT2D eigenvalue weighted by molar-refractivity contribution is -0.116. The van der Waals surface area contributed by atoms with Gasteiger partial charge in [-0.3, -0.25) is 4.79 Å². The van der Waals surface area contributed by atoms with E-state index in [4.69, 9.17) is 23.2 Å². The van der Waals surface area contributed by atoms with Crippen LogP contribution in [-0.2, 0) is 4.79 Å². The number of para-hydroxylation sites is 1. The van der Waals surface area contributed by atoms with E-state index in [1.165, 1.54) is 6.33 Å². The number of aromatic nitrogens is 2. The molecule has 1 aliphatic rings. The number of carbonyl (C=O) groups excluding carboxylic acids is 1. The molecule has 0 spiro atoms. The van der Waals surface area contributed by atoms with Crippen molar-refractivity contribution in [1.82, 2.24) is 9.97 Å². The van der Waals surface area contributed by atoms with Gasteiger partial charge in [-0.25, -0.2) is 9.97 Å². The molecule has 0 fully saturated rings. The zero-order chi connectivity index (χ0) is 14.8. The van der Waals surface area contributed by atoms with E-state index in [9.17, 15) is 4.79 Å². The number of nitrogens with one attached hydrogen (secondary N) is 2. The number of anilines is 2. The molecular formula is C14H12Cl2N4O. The SMILES string of the molecule is O=C(CC1CNc2ccccc21)Nc1c(Cl)ncnc1Cl. The molecule has 1 aromatic heterocycles. The molecule has 1 amide bonds. The summed E-state index contributed by atoms with van der Waals surface area (Å²) in [5.41, 5.74) is 2.48. The van der Waals surface area contributed by atoms with Crippen molar-refractivity contribution in [1.29, 1.82) is 0 Å². The fraction of sp³-hybridized carbons (Fsp3) is 0.214. The second-order valence-electron chi connectivity index (χ2n) is 4.75. The van der Waals surface area contributed by atoms with E-state index in [-0.39, 0.29) is 27.8 Å². The third kappa shape index (κ3) is 2.94. The number of benzene rings is 1. The summed E-state index contributed by atoms with van der Waals surface area (Å²) in [6.07, 6.45) is 1.59. The molecule has 108 valence electrons. The van der Waals surface area contributed by atoms with E-state index in [0.29, 0.717) is 6.42 Å². The Labute approximate surface area is 131 Å². The summed E-state index contributed by atoms with van der Waals surface area (Å²) in [5, 5.41) is 6.23. The maximum atomic E-state index is 12.2. The molecule has 1 aliphatic heterocycles. The number of rotatable bonds is 3. The monoisotopic (exact) mass is 322 g/mol.